The molecular weight excluding hydrogens is 344 g/mol. The van der Waals surface area contributed by atoms with Crippen molar-refractivity contribution in [2.75, 3.05) is 11.1 Å². The van der Waals surface area contributed by atoms with Gasteiger partial charge in [0.2, 0.25) is 5.91 Å². The molecule has 0 aliphatic carbocycles. The van der Waals surface area contributed by atoms with Gasteiger partial charge in [0.15, 0.2) is 5.16 Å². The van der Waals surface area contributed by atoms with Crippen LogP contribution in [0.5, 0.6) is 0 Å². The van der Waals surface area contributed by atoms with Crippen molar-refractivity contribution < 1.29 is 13.6 Å². The molecule has 0 fully saturated rings. The van der Waals surface area contributed by atoms with Crippen molar-refractivity contribution in [2.45, 2.75) is 25.6 Å². The quantitative estimate of drug-likeness (QED) is 0.665. The van der Waals surface area contributed by atoms with E-state index in [0.29, 0.717) is 11.0 Å². The van der Waals surface area contributed by atoms with Gasteiger partial charge in [0.05, 0.1) is 16.8 Å². The third kappa shape index (κ3) is 3.82. The Morgan fingerprint density at radius 3 is 2.76 bits per heavy atom. The first kappa shape index (κ1) is 17.4. The number of para-hydroxylation sites is 2. The number of fused-ring (bicyclic) bond motifs is 1. The van der Waals surface area contributed by atoms with E-state index in [1.165, 1.54) is 0 Å². The first-order chi connectivity index (χ1) is 12.0. The number of aromatic nitrogens is 2. The van der Waals surface area contributed by atoms with Crippen LogP contribution in [0.2, 0.25) is 0 Å². The summed E-state index contributed by atoms with van der Waals surface area (Å²) in [6.07, 6.45) is 0. The molecule has 1 heterocycles. The topological polar surface area (TPSA) is 46.9 Å². The van der Waals surface area contributed by atoms with Gasteiger partial charge >= 0.3 is 6.55 Å². The maximum absolute atomic E-state index is 13.4. The molecule has 0 spiro atoms. The van der Waals surface area contributed by atoms with Crippen LogP contribution in [0.15, 0.2) is 47.6 Å². The molecule has 1 amide bonds. The molecule has 0 aliphatic rings. The summed E-state index contributed by atoms with van der Waals surface area (Å²) in [6, 6.07) is 12.5. The number of nitrogens with one attached hydrogen (secondary N) is 1. The fourth-order valence-corrected chi connectivity index (χ4v) is 3.31. The highest BCUT2D eigenvalue weighted by Crippen LogP contribution is 2.29. The maximum atomic E-state index is 13.4. The zero-order chi connectivity index (χ0) is 18.0. The number of rotatable bonds is 5. The van der Waals surface area contributed by atoms with Gasteiger partial charge in [0, 0.05) is 5.69 Å². The second-order valence-corrected chi connectivity index (χ2v) is 6.63. The number of alkyl halides is 2. The number of carbonyl (C=O) groups is 1. The predicted octanol–water partition coefficient (Wildman–Crippen LogP) is 4.78. The largest absolute Gasteiger partial charge is 0.325 e. The molecule has 130 valence electrons. The Morgan fingerprint density at radius 1 is 1.24 bits per heavy atom. The Bertz CT molecular complexity index is 924. The average molecular weight is 361 g/mol. The van der Waals surface area contributed by atoms with Crippen molar-refractivity contribution in [3.05, 3.63) is 53.6 Å². The third-order valence-electron chi connectivity index (χ3n) is 3.76. The lowest BCUT2D eigenvalue weighted by atomic mass is 10.1. The number of anilines is 1. The van der Waals surface area contributed by atoms with Crippen LogP contribution in [0.1, 0.15) is 17.7 Å². The molecule has 0 atom stereocenters. The van der Waals surface area contributed by atoms with Crippen LogP contribution >= 0.6 is 11.8 Å². The normalized spacial score (nSPS) is 11.2. The number of nitrogens with zero attached hydrogens (tertiary/aromatic N) is 2. The summed E-state index contributed by atoms with van der Waals surface area (Å²) < 4.78 is 27.6. The number of imidazole rings is 1. The zero-order valence-corrected chi connectivity index (χ0v) is 14.6. The molecule has 0 radical (unpaired) electrons. The van der Waals surface area contributed by atoms with E-state index in [-0.39, 0.29) is 16.8 Å². The van der Waals surface area contributed by atoms with Crippen LogP contribution in [0.4, 0.5) is 14.5 Å². The van der Waals surface area contributed by atoms with E-state index in [0.717, 1.165) is 33.1 Å². The van der Waals surface area contributed by atoms with Crippen molar-refractivity contribution in [3.63, 3.8) is 0 Å². The summed E-state index contributed by atoms with van der Waals surface area (Å²) in [6.45, 7) is 1.13. The van der Waals surface area contributed by atoms with Crippen molar-refractivity contribution in [2.24, 2.45) is 0 Å². The monoisotopic (exact) mass is 361 g/mol. The zero-order valence-electron chi connectivity index (χ0n) is 13.8. The van der Waals surface area contributed by atoms with Crippen molar-refractivity contribution in [1.29, 1.82) is 0 Å². The fraction of sp³-hybridized carbons (Fsp3) is 0.222. The average Bonchev–Trinajstić information content (AvgIpc) is 2.95. The number of benzene rings is 2. The Labute approximate surface area is 148 Å². The van der Waals surface area contributed by atoms with Gasteiger partial charge in [0.1, 0.15) is 0 Å². The highest BCUT2D eigenvalue weighted by Gasteiger charge is 2.18. The van der Waals surface area contributed by atoms with E-state index in [1.807, 2.05) is 32.0 Å². The molecule has 7 heteroatoms. The lowest BCUT2D eigenvalue weighted by Crippen LogP contribution is -2.15. The van der Waals surface area contributed by atoms with Crippen molar-refractivity contribution in [3.8, 4) is 0 Å². The summed E-state index contributed by atoms with van der Waals surface area (Å²) in [5.41, 5.74) is 3.56. The molecule has 25 heavy (non-hydrogen) atoms. The molecule has 0 bridgehead atoms. The number of amides is 1. The van der Waals surface area contributed by atoms with E-state index < -0.39 is 6.55 Å². The standard InChI is InChI=1S/C18H17F2N3OS/c1-11-7-8-12(2)14(9-11)21-16(24)10-25-18-22-13-5-3-4-6-15(13)23(18)17(19)20/h3-9,17H,10H2,1-2H3,(H,21,24). The predicted molar refractivity (Wildman–Crippen MR) is 96.3 cm³/mol. The Morgan fingerprint density at radius 2 is 2.00 bits per heavy atom. The van der Waals surface area contributed by atoms with E-state index in [4.69, 9.17) is 0 Å². The molecule has 0 unspecified atom stereocenters. The lowest BCUT2D eigenvalue weighted by Gasteiger charge is -2.10. The van der Waals surface area contributed by atoms with Crippen LogP contribution in [0, 0.1) is 13.8 Å². The molecule has 1 N–H and O–H groups in total. The molecular formula is C18H17F2N3OS. The van der Waals surface area contributed by atoms with Gasteiger partial charge in [-0.2, -0.15) is 8.78 Å². The van der Waals surface area contributed by atoms with E-state index in [2.05, 4.69) is 10.3 Å². The molecule has 0 saturated carbocycles. The van der Waals surface area contributed by atoms with Crippen LogP contribution in [-0.4, -0.2) is 21.2 Å². The van der Waals surface area contributed by atoms with Crippen LogP contribution in [-0.2, 0) is 4.79 Å². The SMILES string of the molecule is Cc1ccc(C)c(NC(=O)CSc2nc3ccccc3n2C(F)F)c1. The minimum absolute atomic E-state index is 0.00340. The summed E-state index contributed by atoms with van der Waals surface area (Å²) in [4.78, 5) is 16.4. The lowest BCUT2D eigenvalue weighted by molar-refractivity contribution is -0.113. The van der Waals surface area contributed by atoms with Crippen molar-refractivity contribution >= 4 is 34.4 Å². The smallest absolute Gasteiger partial charge is 0.321 e. The Kier molecular flexibility index (Phi) is 5.03. The summed E-state index contributed by atoms with van der Waals surface area (Å²) in [5, 5.41) is 2.95. The second kappa shape index (κ2) is 7.23. The highest BCUT2D eigenvalue weighted by molar-refractivity contribution is 7.99. The third-order valence-corrected chi connectivity index (χ3v) is 4.71. The van der Waals surface area contributed by atoms with E-state index >= 15 is 0 Å². The molecule has 2 aromatic carbocycles. The Hall–Kier alpha value is -2.41. The van der Waals surface area contributed by atoms with E-state index in [9.17, 15) is 13.6 Å². The fourth-order valence-electron chi connectivity index (χ4n) is 2.50. The van der Waals surface area contributed by atoms with Gasteiger partial charge in [-0.3, -0.25) is 9.36 Å². The van der Waals surface area contributed by atoms with Crippen LogP contribution in [0.25, 0.3) is 11.0 Å². The molecule has 3 rings (SSSR count). The summed E-state index contributed by atoms with van der Waals surface area (Å²) in [5.74, 6) is -0.254. The van der Waals surface area contributed by atoms with Gasteiger partial charge < -0.3 is 5.32 Å². The minimum atomic E-state index is -2.71. The molecule has 3 aromatic rings. The second-order valence-electron chi connectivity index (χ2n) is 5.69. The van der Waals surface area contributed by atoms with Gasteiger partial charge in [-0.25, -0.2) is 4.98 Å². The number of carbonyl (C=O) groups excluding carboxylic acids is 1. The number of thioether (sulfide) groups is 1. The van der Waals surface area contributed by atoms with Crippen LogP contribution < -0.4 is 5.32 Å². The highest BCUT2D eigenvalue weighted by atomic mass is 32.2. The van der Waals surface area contributed by atoms with Gasteiger partial charge in [0.25, 0.3) is 0 Å². The molecule has 1 aromatic heterocycles. The van der Waals surface area contributed by atoms with Crippen LogP contribution in [0.3, 0.4) is 0 Å². The first-order valence-electron chi connectivity index (χ1n) is 7.70. The number of hydrogen-bond donors (Lipinski definition) is 1. The molecule has 4 nitrogen and oxygen atoms in total. The van der Waals surface area contributed by atoms with Gasteiger partial charge in [-0.15, -0.1) is 0 Å². The number of hydrogen-bond acceptors (Lipinski definition) is 3. The summed E-state index contributed by atoms with van der Waals surface area (Å²) in [7, 11) is 0. The first-order valence-corrected chi connectivity index (χ1v) is 8.69. The minimum Gasteiger partial charge on any atom is -0.325 e. The Balaban J connectivity index is 1.75. The van der Waals surface area contributed by atoms with Gasteiger partial charge in [-0.1, -0.05) is 36.0 Å². The molecule has 0 saturated heterocycles. The van der Waals surface area contributed by atoms with E-state index in [1.54, 1.807) is 24.3 Å². The number of halogens is 2. The maximum Gasteiger partial charge on any atom is 0.321 e. The number of aryl methyl sites for hydroxylation is 2. The van der Waals surface area contributed by atoms with Gasteiger partial charge in [-0.05, 0) is 43.2 Å². The summed E-state index contributed by atoms with van der Waals surface area (Å²) >= 11 is 0.998. The van der Waals surface area contributed by atoms with Crippen molar-refractivity contribution in [1.82, 2.24) is 9.55 Å². The molecule has 0 aliphatic heterocycles.